The molecule has 29 heavy (non-hydrogen) atoms. The topological polar surface area (TPSA) is 98.1 Å². The van der Waals surface area contributed by atoms with E-state index in [-0.39, 0.29) is 17.6 Å². The summed E-state index contributed by atoms with van der Waals surface area (Å²) in [4.78, 5) is 23.7. The second-order valence-electron chi connectivity index (χ2n) is 6.13. The van der Waals surface area contributed by atoms with Crippen LogP contribution in [0.5, 0.6) is 5.75 Å². The van der Waals surface area contributed by atoms with Gasteiger partial charge >= 0.3 is 0 Å². The van der Waals surface area contributed by atoms with E-state index in [4.69, 9.17) is 4.74 Å². The zero-order valence-electron chi connectivity index (χ0n) is 16.3. The Morgan fingerprint density at radius 3 is 2.66 bits per heavy atom. The maximum atomic E-state index is 12.4. The fraction of sp³-hybridized carbons (Fsp3) is 0.200. The lowest BCUT2D eigenvalue weighted by atomic mass is 10.2. The molecule has 1 aromatic heterocycles. The van der Waals surface area contributed by atoms with Gasteiger partial charge in [0.2, 0.25) is 11.8 Å². The summed E-state index contributed by atoms with van der Waals surface area (Å²) in [6.07, 6.45) is 0. The largest absolute Gasteiger partial charge is 0.495 e. The van der Waals surface area contributed by atoms with Crippen LogP contribution in [-0.4, -0.2) is 39.4 Å². The molecule has 0 aliphatic heterocycles. The van der Waals surface area contributed by atoms with Gasteiger partial charge in [-0.3, -0.25) is 14.2 Å². The molecular weight excluding hydrogens is 390 g/mol. The summed E-state index contributed by atoms with van der Waals surface area (Å²) in [5.74, 6) is 1.10. The molecule has 0 atom stereocenters. The van der Waals surface area contributed by atoms with Gasteiger partial charge in [0.1, 0.15) is 11.6 Å². The lowest BCUT2D eigenvalue weighted by molar-refractivity contribution is -0.114. The van der Waals surface area contributed by atoms with Crippen molar-refractivity contribution in [3.63, 3.8) is 0 Å². The second-order valence-corrected chi connectivity index (χ2v) is 7.08. The monoisotopic (exact) mass is 411 g/mol. The molecular formula is C20H21N5O3S. The van der Waals surface area contributed by atoms with Gasteiger partial charge in [-0.05, 0) is 37.3 Å². The number of carbonyl (C=O) groups is 2. The van der Waals surface area contributed by atoms with Crippen LogP contribution in [-0.2, 0) is 9.59 Å². The number of methoxy groups -OCH3 is 1. The third-order valence-electron chi connectivity index (χ3n) is 3.93. The van der Waals surface area contributed by atoms with E-state index in [1.807, 2.05) is 41.8 Å². The van der Waals surface area contributed by atoms with Gasteiger partial charge in [0, 0.05) is 12.6 Å². The zero-order valence-corrected chi connectivity index (χ0v) is 17.1. The van der Waals surface area contributed by atoms with Crippen LogP contribution in [0.2, 0.25) is 0 Å². The fourth-order valence-electron chi connectivity index (χ4n) is 2.72. The molecule has 0 fully saturated rings. The van der Waals surface area contributed by atoms with Crippen LogP contribution >= 0.6 is 11.8 Å². The smallest absolute Gasteiger partial charge is 0.234 e. The number of nitrogens with zero attached hydrogens (tertiary/aromatic N) is 3. The molecule has 0 saturated carbocycles. The van der Waals surface area contributed by atoms with Gasteiger partial charge in [0.15, 0.2) is 5.16 Å². The Morgan fingerprint density at radius 1 is 1.10 bits per heavy atom. The molecule has 8 nitrogen and oxygen atoms in total. The molecule has 1 heterocycles. The number of hydrogen-bond donors (Lipinski definition) is 2. The number of nitrogens with one attached hydrogen (secondary N) is 2. The third-order valence-corrected chi connectivity index (χ3v) is 4.86. The van der Waals surface area contributed by atoms with Crippen LogP contribution in [0, 0.1) is 6.92 Å². The summed E-state index contributed by atoms with van der Waals surface area (Å²) in [6, 6.07) is 14.6. The molecule has 0 unspecified atom stereocenters. The average molecular weight is 411 g/mol. The highest BCUT2D eigenvalue weighted by atomic mass is 32.2. The Hall–Kier alpha value is -3.33. The van der Waals surface area contributed by atoms with Crippen molar-refractivity contribution in [3.8, 4) is 11.4 Å². The van der Waals surface area contributed by atoms with Crippen LogP contribution in [0.4, 0.5) is 11.4 Å². The van der Waals surface area contributed by atoms with Crippen molar-refractivity contribution in [1.82, 2.24) is 14.8 Å². The molecule has 0 spiro atoms. The predicted molar refractivity (Wildman–Crippen MR) is 113 cm³/mol. The van der Waals surface area contributed by atoms with Crippen LogP contribution < -0.4 is 15.4 Å². The Balaban J connectivity index is 1.73. The van der Waals surface area contributed by atoms with Gasteiger partial charge in [-0.15, -0.1) is 10.2 Å². The number of aromatic nitrogens is 3. The number of thioether (sulfide) groups is 1. The van der Waals surface area contributed by atoms with Crippen LogP contribution in [0.25, 0.3) is 5.69 Å². The van der Waals surface area contributed by atoms with Crippen molar-refractivity contribution in [2.24, 2.45) is 0 Å². The number of anilines is 2. The van der Waals surface area contributed by atoms with Gasteiger partial charge < -0.3 is 15.4 Å². The molecule has 0 aliphatic carbocycles. The van der Waals surface area contributed by atoms with Crippen molar-refractivity contribution in [1.29, 1.82) is 0 Å². The van der Waals surface area contributed by atoms with E-state index in [0.29, 0.717) is 28.1 Å². The minimum Gasteiger partial charge on any atom is -0.495 e. The number of para-hydroxylation sites is 2. The quantitative estimate of drug-likeness (QED) is 0.579. The SMILES string of the molecule is COc1ccccc1NC(=O)CSc1nnc(C)n1-c1cccc(NC(C)=O)c1. The summed E-state index contributed by atoms with van der Waals surface area (Å²) in [5.41, 5.74) is 2.08. The van der Waals surface area contributed by atoms with Gasteiger partial charge in [-0.25, -0.2) is 0 Å². The van der Waals surface area contributed by atoms with Gasteiger partial charge in [-0.2, -0.15) is 0 Å². The Kier molecular flexibility index (Phi) is 6.50. The molecule has 2 amide bonds. The lowest BCUT2D eigenvalue weighted by Crippen LogP contribution is -2.15. The standard InChI is InChI=1S/C20H21N5O3S/c1-13-23-24-20(25(13)16-8-6-7-15(11-16)21-14(2)26)29-12-19(27)22-17-9-4-5-10-18(17)28-3/h4-11H,12H2,1-3H3,(H,21,26)(H,22,27). The highest BCUT2D eigenvalue weighted by Gasteiger charge is 2.15. The fourth-order valence-corrected chi connectivity index (χ4v) is 3.52. The minimum atomic E-state index is -0.182. The molecule has 2 aromatic carbocycles. The zero-order chi connectivity index (χ0) is 20.8. The first-order valence-electron chi connectivity index (χ1n) is 8.83. The maximum absolute atomic E-state index is 12.4. The maximum Gasteiger partial charge on any atom is 0.234 e. The molecule has 3 rings (SSSR count). The number of amides is 2. The Morgan fingerprint density at radius 2 is 1.90 bits per heavy atom. The Bertz CT molecular complexity index is 1030. The highest BCUT2D eigenvalue weighted by Crippen LogP contribution is 2.26. The van der Waals surface area contributed by atoms with Crippen molar-refractivity contribution >= 4 is 35.0 Å². The summed E-state index contributed by atoms with van der Waals surface area (Å²) in [6.45, 7) is 3.29. The van der Waals surface area contributed by atoms with Crippen molar-refractivity contribution < 1.29 is 14.3 Å². The van der Waals surface area contributed by atoms with Crippen molar-refractivity contribution in [3.05, 3.63) is 54.4 Å². The van der Waals surface area contributed by atoms with Crippen molar-refractivity contribution in [2.45, 2.75) is 19.0 Å². The average Bonchev–Trinajstić information content (AvgIpc) is 3.07. The summed E-state index contributed by atoms with van der Waals surface area (Å²) < 4.78 is 7.09. The number of hydrogen-bond acceptors (Lipinski definition) is 6. The van der Waals surface area contributed by atoms with E-state index in [0.717, 1.165) is 5.69 Å². The molecule has 3 aromatic rings. The van der Waals surface area contributed by atoms with E-state index in [1.54, 1.807) is 25.3 Å². The predicted octanol–water partition coefficient (Wildman–Crippen LogP) is 3.27. The number of benzene rings is 2. The normalized spacial score (nSPS) is 10.4. The van der Waals surface area contributed by atoms with E-state index >= 15 is 0 Å². The number of ether oxygens (including phenoxy) is 1. The summed E-state index contributed by atoms with van der Waals surface area (Å²) in [5, 5.41) is 14.5. The molecule has 0 bridgehead atoms. The van der Waals surface area contributed by atoms with Gasteiger partial charge in [-0.1, -0.05) is 30.0 Å². The molecule has 9 heteroatoms. The first kappa shape index (κ1) is 20.4. The van der Waals surface area contributed by atoms with E-state index in [2.05, 4.69) is 20.8 Å². The number of aryl methyl sites for hydroxylation is 1. The first-order chi connectivity index (χ1) is 14.0. The summed E-state index contributed by atoms with van der Waals surface area (Å²) >= 11 is 1.27. The second kappa shape index (κ2) is 9.24. The minimum absolute atomic E-state index is 0.148. The molecule has 150 valence electrons. The van der Waals surface area contributed by atoms with E-state index in [1.165, 1.54) is 18.7 Å². The lowest BCUT2D eigenvalue weighted by Gasteiger charge is -2.11. The number of rotatable bonds is 7. The third kappa shape index (κ3) is 5.14. The van der Waals surface area contributed by atoms with E-state index in [9.17, 15) is 9.59 Å². The highest BCUT2D eigenvalue weighted by molar-refractivity contribution is 7.99. The van der Waals surface area contributed by atoms with Gasteiger partial charge in [0.05, 0.1) is 24.2 Å². The van der Waals surface area contributed by atoms with E-state index < -0.39 is 0 Å². The van der Waals surface area contributed by atoms with Crippen LogP contribution in [0.1, 0.15) is 12.7 Å². The van der Waals surface area contributed by atoms with Crippen LogP contribution in [0.15, 0.2) is 53.7 Å². The summed E-state index contributed by atoms with van der Waals surface area (Å²) in [7, 11) is 1.56. The molecule has 0 saturated heterocycles. The van der Waals surface area contributed by atoms with Gasteiger partial charge in [0.25, 0.3) is 0 Å². The van der Waals surface area contributed by atoms with Crippen molar-refractivity contribution in [2.75, 3.05) is 23.5 Å². The molecule has 0 radical (unpaired) electrons. The first-order valence-corrected chi connectivity index (χ1v) is 9.82. The molecule has 0 aliphatic rings. The molecule has 2 N–H and O–H groups in total. The number of carbonyl (C=O) groups excluding carboxylic acids is 2. The Labute approximate surface area is 172 Å². The van der Waals surface area contributed by atoms with Crippen LogP contribution in [0.3, 0.4) is 0 Å².